The molecule has 2 aromatic rings. The first-order chi connectivity index (χ1) is 18.3. The van der Waals surface area contributed by atoms with Gasteiger partial charge in [0.1, 0.15) is 5.56 Å². The Morgan fingerprint density at radius 2 is 1.90 bits per heavy atom. The Labute approximate surface area is 224 Å². The van der Waals surface area contributed by atoms with E-state index in [2.05, 4.69) is 9.98 Å². The van der Waals surface area contributed by atoms with Crippen molar-refractivity contribution in [2.24, 2.45) is 21.8 Å². The quantitative estimate of drug-likeness (QED) is 0.300. The second kappa shape index (κ2) is 10.4. The number of hydrogen-bond donors (Lipinski definition) is 4. The Morgan fingerprint density at radius 3 is 2.46 bits per heavy atom. The minimum Gasteiger partial charge on any atom is -0.481 e. The number of aryl methyl sites for hydroxylation is 1. The highest BCUT2D eigenvalue weighted by atomic mass is 16.5. The van der Waals surface area contributed by atoms with Crippen LogP contribution < -0.4 is 16.2 Å². The number of Topliss-reactive ketones (excluding diaryl/α,β-unsaturated/α-hetero) is 1. The van der Waals surface area contributed by atoms with Crippen LogP contribution in [0.15, 0.2) is 36.7 Å². The second-order valence-electron chi connectivity index (χ2n) is 10.1. The third-order valence-corrected chi connectivity index (χ3v) is 7.39. The second-order valence-corrected chi connectivity index (χ2v) is 10.1. The lowest BCUT2D eigenvalue weighted by Gasteiger charge is -2.17. The topological polar surface area (TPSA) is 169 Å². The van der Waals surface area contributed by atoms with Crippen LogP contribution in [0.2, 0.25) is 0 Å². The molecule has 0 bridgehead atoms. The summed E-state index contributed by atoms with van der Waals surface area (Å²) in [4.78, 5) is 49.2. The molecule has 4 rings (SSSR count). The van der Waals surface area contributed by atoms with Crippen LogP contribution in [0.25, 0.3) is 11.6 Å². The molecule has 204 valence electrons. The number of H-pyrrole nitrogens is 1. The lowest BCUT2D eigenvalue weighted by atomic mass is 9.84. The molecule has 4 heterocycles. The van der Waals surface area contributed by atoms with Crippen LogP contribution >= 0.6 is 0 Å². The van der Waals surface area contributed by atoms with Gasteiger partial charge in [-0.2, -0.15) is 0 Å². The molecule has 2 aliphatic rings. The number of carboxylic acid groups (broad SMARTS) is 1. The molecule has 2 aliphatic heterocycles. The molecule has 4 N–H and O–H groups in total. The van der Waals surface area contributed by atoms with Crippen LogP contribution in [-0.4, -0.2) is 38.4 Å². The number of carbonyl (C=O) groups is 2. The maximum absolute atomic E-state index is 12.7. The van der Waals surface area contributed by atoms with Crippen LogP contribution in [0.5, 0.6) is 5.95 Å². The molecular formula is C29H32N4O6. The zero-order valence-electron chi connectivity index (χ0n) is 22.9. The summed E-state index contributed by atoms with van der Waals surface area (Å²) in [5.74, 6) is -2.31. The van der Waals surface area contributed by atoms with Crippen molar-refractivity contribution in [3.63, 3.8) is 0 Å². The molecule has 0 saturated heterocycles. The molecule has 2 aromatic heterocycles. The molecule has 0 aliphatic carbocycles. The average molecular weight is 533 g/mol. The smallest absolute Gasteiger partial charge is 0.348 e. The van der Waals surface area contributed by atoms with Crippen molar-refractivity contribution < 1.29 is 24.2 Å². The van der Waals surface area contributed by atoms with Crippen LogP contribution in [0.1, 0.15) is 80.3 Å². The predicted octanol–water partition coefficient (Wildman–Crippen LogP) is 3.44. The molecule has 0 aromatic carbocycles. The number of hydrogen-bond acceptors (Lipinski definition) is 8. The number of carboxylic acids is 1. The lowest BCUT2D eigenvalue weighted by molar-refractivity contribution is -0.137. The molecule has 0 fully saturated rings. The van der Waals surface area contributed by atoms with Gasteiger partial charge in [0.25, 0.3) is 5.95 Å². The number of fused-ring (bicyclic) bond motifs is 1. The molecule has 0 spiro atoms. The molecule has 0 amide bonds. The van der Waals surface area contributed by atoms with Gasteiger partial charge in [-0.05, 0) is 63.8 Å². The van der Waals surface area contributed by atoms with Crippen molar-refractivity contribution in [2.75, 3.05) is 0 Å². The van der Waals surface area contributed by atoms with Crippen molar-refractivity contribution >= 4 is 34.8 Å². The summed E-state index contributed by atoms with van der Waals surface area (Å²) < 4.78 is 5.21. The first-order valence-corrected chi connectivity index (χ1v) is 12.8. The van der Waals surface area contributed by atoms with Gasteiger partial charge < -0.3 is 25.0 Å². The minimum atomic E-state index is -0.965. The van der Waals surface area contributed by atoms with Crippen molar-refractivity contribution in [3.05, 3.63) is 66.5 Å². The fraction of sp³-hybridized carbons (Fsp3) is 0.379. The van der Waals surface area contributed by atoms with Gasteiger partial charge in [0.2, 0.25) is 0 Å². The van der Waals surface area contributed by atoms with Crippen LogP contribution in [0.3, 0.4) is 0 Å². The third kappa shape index (κ3) is 4.94. The fourth-order valence-electron chi connectivity index (χ4n) is 5.42. The summed E-state index contributed by atoms with van der Waals surface area (Å²) in [5, 5.41) is 28.5. The summed E-state index contributed by atoms with van der Waals surface area (Å²) in [7, 11) is 0. The van der Waals surface area contributed by atoms with E-state index in [1.165, 1.54) is 13.0 Å². The Hall–Kier alpha value is -4.34. The summed E-state index contributed by atoms with van der Waals surface area (Å²) >= 11 is 0. The van der Waals surface area contributed by atoms with Crippen LogP contribution in [0.4, 0.5) is 0 Å². The highest BCUT2D eigenvalue weighted by Crippen LogP contribution is 2.38. The maximum Gasteiger partial charge on any atom is 0.348 e. The molecule has 39 heavy (non-hydrogen) atoms. The Balaban J connectivity index is 1.97. The van der Waals surface area contributed by atoms with Crippen molar-refractivity contribution in [1.29, 1.82) is 5.41 Å². The molecule has 0 radical (unpaired) electrons. The molecule has 0 saturated carbocycles. The van der Waals surface area contributed by atoms with Crippen molar-refractivity contribution in [3.8, 4) is 5.95 Å². The largest absolute Gasteiger partial charge is 0.481 e. The van der Waals surface area contributed by atoms with Crippen LogP contribution in [-0.2, 0) is 11.2 Å². The van der Waals surface area contributed by atoms with E-state index in [0.717, 1.165) is 17.0 Å². The summed E-state index contributed by atoms with van der Waals surface area (Å²) in [6.45, 7) is 10.6. The van der Waals surface area contributed by atoms with Gasteiger partial charge >= 0.3 is 11.6 Å². The number of carbonyl (C=O) groups excluding carboxylic acids is 1. The van der Waals surface area contributed by atoms with Gasteiger partial charge in [-0.3, -0.25) is 14.6 Å². The average Bonchev–Trinajstić information content (AvgIpc) is 3.44. The third-order valence-electron chi connectivity index (χ3n) is 7.39. The van der Waals surface area contributed by atoms with Gasteiger partial charge in [-0.25, -0.2) is 9.79 Å². The minimum absolute atomic E-state index is 0.0368. The zero-order valence-corrected chi connectivity index (χ0v) is 22.9. The summed E-state index contributed by atoms with van der Waals surface area (Å²) in [6.07, 6.45) is 4.12. The maximum atomic E-state index is 12.7. The number of aliphatic imine (C=N–C) groups is 1. The molecule has 10 nitrogen and oxygen atoms in total. The van der Waals surface area contributed by atoms with E-state index in [9.17, 15) is 24.6 Å². The number of aliphatic carboxylic acids is 1. The summed E-state index contributed by atoms with van der Waals surface area (Å²) in [5.41, 5.74) is 4.57. The molecule has 10 heteroatoms. The van der Waals surface area contributed by atoms with Gasteiger partial charge in [-0.15, -0.1) is 0 Å². The first kappa shape index (κ1) is 27.7. The number of allylic oxidation sites excluding steroid dienone is 3. The van der Waals surface area contributed by atoms with Gasteiger partial charge in [0.15, 0.2) is 5.78 Å². The Morgan fingerprint density at radius 1 is 1.21 bits per heavy atom. The van der Waals surface area contributed by atoms with Gasteiger partial charge in [0.05, 0.1) is 22.0 Å². The SMILES string of the molecule is CCc1[nH]c(/C=C2\N=C(c3c(O)oc(=O)c4c3=N/C(=C\C(C)=N)C=4C)[C@@H](CCC(=O)O)[C@@H]2C)c(C)c1C(C)=O. The normalized spacial score (nSPS) is 20.4. The number of aromatic amines is 1. The molecule has 2 atom stereocenters. The number of aromatic hydroxyl groups is 1. The van der Waals surface area contributed by atoms with E-state index in [-0.39, 0.29) is 46.4 Å². The Bertz CT molecular complexity index is 1700. The number of ketones is 1. The predicted molar refractivity (Wildman–Crippen MR) is 147 cm³/mol. The number of rotatable bonds is 8. The number of nitrogens with one attached hydrogen (secondary N) is 2. The number of nitrogens with zero attached hydrogens (tertiary/aromatic N) is 2. The monoisotopic (exact) mass is 532 g/mol. The van der Waals surface area contributed by atoms with E-state index in [4.69, 9.17) is 14.8 Å². The van der Waals surface area contributed by atoms with E-state index in [1.807, 2.05) is 26.8 Å². The van der Waals surface area contributed by atoms with Crippen LogP contribution in [0, 0.1) is 24.2 Å². The zero-order chi connectivity index (χ0) is 28.8. The van der Waals surface area contributed by atoms with Gasteiger partial charge in [-0.1, -0.05) is 13.8 Å². The van der Waals surface area contributed by atoms with E-state index in [1.54, 1.807) is 13.8 Å². The van der Waals surface area contributed by atoms with Crippen molar-refractivity contribution in [2.45, 2.75) is 60.8 Å². The molecular weight excluding hydrogens is 500 g/mol. The van der Waals surface area contributed by atoms with E-state index < -0.39 is 23.5 Å². The lowest BCUT2D eigenvalue weighted by Crippen LogP contribution is -2.42. The Kier molecular flexibility index (Phi) is 7.41. The highest BCUT2D eigenvalue weighted by molar-refractivity contribution is 6.07. The number of aromatic nitrogens is 1. The standard InChI is InChI=1S/C29H32N4O6/c1-7-18-23(16(6)34)14(4)21(31-18)11-20-13(3)17(8-9-22(35)36)26(32-20)25-27-24(28(37)39-29(25)38)15(5)19(33-27)10-12(2)30/h10-11,13,17,30-31,38H,7-9H2,1-6H3,(H,35,36)/b19-10-,20-11-,30-12?/t13-,17-/m0/s1. The van der Waals surface area contributed by atoms with Crippen molar-refractivity contribution in [1.82, 2.24) is 4.98 Å². The van der Waals surface area contributed by atoms with Gasteiger partial charge in [0, 0.05) is 46.6 Å². The molecule has 0 unspecified atom stereocenters. The highest BCUT2D eigenvalue weighted by Gasteiger charge is 2.37. The first-order valence-electron chi connectivity index (χ1n) is 12.8. The van der Waals surface area contributed by atoms with E-state index >= 15 is 0 Å². The van der Waals surface area contributed by atoms with E-state index in [0.29, 0.717) is 34.7 Å². The summed E-state index contributed by atoms with van der Waals surface area (Å²) in [6, 6.07) is 0. The fourth-order valence-corrected chi connectivity index (χ4v) is 5.42.